The molecule has 0 amide bonds. The van der Waals surface area contributed by atoms with E-state index in [1.807, 2.05) is 48.8 Å². The van der Waals surface area contributed by atoms with Gasteiger partial charge in [0.1, 0.15) is 0 Å². The molecule has 4 bridgehead atoms. The van der Waals surface area contributed by atoms with Gasteiger partial charge in [0.25, 0.3) is 0 Å². The summed E-state index contributed by atoms with van der Waals surface area (Å²) in [6.45, 7) is 8.25. The fourth-order valence-electron chi connectivity index (χ4n) is 12.2. The Bertz CT molecular complexity index is 3650. The van der Waals surface area contributed by atoms with Crippen molar-refractivity contribution in [2.45, 2.75) is 62.6 Å². The van der Waals surface area contributed by atoms with Gasteiger partial charge in [-0.05, 0) is 154 Å². The van der Waals surface area contributed by atoms with Crippen LogP contribution in [0.4, 0.5) is 0 Å². The summed E-state index contributed by atoms with van der Waals surface area (Å²) in [4.78, 5) is 9.06. The fourth-order valence-corrected chi connectivity index (χ4v) is 12.6. The first-order valence-electron chi connectivity index (χ1n) is 25.8. The van der Waals surface area contributed by atoms with Crippen LogP contribution in [-0.2, 0) is 9.31 Å². The van der Waals surface area contributed by atoms with E-state index in [0.717, 1.165) is 28.0 Å². The SMILES string of the molecule is Brc1ccc2c(c1)C1c3ccccc3C2c2ccccc21.CC1(C)OB(c2ccnc(-c3ccccc3)c2)OC1(C)C.c1ccc(-c2cc(-c3ccc4c(c3)C3c5ccccc5C4c4ccccc43)ccn2)cc1. The Kier molecular flexibility index (Phi) is 11.6. The number of rotatable bonds is 4. The molecule has 358 valence electrons. The summed E-state index contributed by atoms with van der Waals surface area (Å²) < 4.78 is 13.4. The zero-order chi connectivity index (χ0) is 50.1. The van der Waals surface area contributed by atoms with Crippen LogP contribution in [-0.4, -0.2) is 28.3 Å². The lowest BCUT2D eigenvalue weighted by Gasteiger charge is -2.42. The van der Waals surface area contributed by atoms with Gasteiger partial charge < -0.3 is 9.31 Å². The maximum atomic E-state index is 6.09. The topological polar surface area (TPSA) is 44.2 Å². The van der Waals surface area contributed by atoms with Crippen LogP contribution in [0.5, 0.6) is 0 Å². The average Bonchev–Trinajstić information content (AvgIpc) is 3.68. The van der Waals surface area contributed by atoms with Gasteiger partial charge in [0.2, 0.25) is 0 Å². The van der Waals surface area contributed by atoms with Gasteiger partial charge in [-0.15, -0.1) is 0 Å². The van der Waals surface area contributed by atoms with Crippen molar-refractivity contribution in [1.29, 1.82) is 0 Å². The first-order chi connectivity index (χ1) is 36.1. The van der Waals surface area contributed by atoms with E-state index in [2.05, 4.69) is 236 Å². The predicted molar refractivity (Wildman–Crippen MR) is 304 cm³/mol. The number of aromatic nitrogens is 2. The smallest absolute Gasteiger partial charge is 0.399 e. The molecule has 1 aliphatic heterocycles. The number of nitrogens with zero attached hydrogens (tertiary/aromatic N) is 2. The lowest BCUT2D eigenvalue weighted by molar-refractivity contribution is 0.00578. The molecule has 0 saturated carbocycles. The number of benzene rings is 8. The van der Waals surface area contributed by atoms with Crippen LogP contribution in [0.2, 0.25) is 0 Å². The molecular formula is C68H54BBrN2O2. The highest BCUT2D eigenvalue weighted by Crippen LogP contribution is 2.57. The number of pyridine rings is 2. The van der Waals surface area contributed by atoms with Gasteiger partial charge in [0, 0.05) is 51.7 Å². The second-order valence-corrected chi connectivity index (χ2v) is 22.0. The van der Waals surface area contributed by atoms with Gasteiger partial charge >= 0.3 is 7.12 Å². The molecule has 7 aliphatic rings. The molecule has 6 aliphatic carbocycles. The maximum Gasteiger partial charge on any atom is 0.494 e. The van der Waals surface area contributed by atoms with Crippen LogP contribution in [0, 0.1) is 0 Å². The maximum absolute atomic E-state index is 6.09. The molecule has 0 N–H and O–H groups in total. The fraction of sp³-hybridized carbons (Fsp3) is 0.147. The van der Waals surface area contributed by atoms with Crippen LogP contribution < -0.4 is 5.46 Å². The molecule has 8 aromatic carbocycles. The molecule has 2 aromatic heterocycles. The van der Waals surface area contributed by atoms with E-state index < -0.39 is 0 Å². The molecule has 1 saturated heterocycles. The summed E-state index contributed by atoms with van der Waals surface area (Å²) in [6.07, 6.45) is 3.73. The Hall–Kier alpha value is -7.48. The summed E-state index contributed by atoms with van der Waals surface area (Å²) >= 11 is 3.64. The third kappa shape index (κ3) is 7.90. The second kappa shape index (κ2) is 18.5. The Labute approximate surface area is 443 Å². The van der Waals surface area contributed by atoms with Crippen molar-refractivity contribution in [1.82, 2.24) is 9.97 Å². The summed E-state index contributed by atoms with van der Waals surface area (Å²) in [7, 11) is -0.347. The Morgan fingerprint density at radius 3 is 1.15 bits per heavy atom. The molecule has 0 unspecified atom stereocenters. The minimum atomic E-state index is -0.347. The first-order valence-corrected chi connectivity index (χ1v) is 26.6. The molecule has 10 aromatic rings. The highest BCUT2D eigenvalue weighted by molar-refractivity contribution is 9.10. The van der Waals surface area contributed by atoms with Crippen molar-refractivity contribution in [2.75, 3.05) is 0 Å². The summed E-state index contributed by atoms with van der Waals surface area (Å²) in [5, 5.41) is 0. The monoisotopic (exact) mass is 1020 g/mol. The third-order valence-corrected chi connectivity index (χ3v) is 16.9. The van der Waals surface area contributed by atoms with E-state index in [9.17, 15) is 0 Å². The quantitative estimate of drug-likeness (QED) is 0.165. The van der Waals surface area contributed by atoms with Gasteiger partial charge in [-0.2, -0.15) is 0 Å². The van der Waals surface area contributed by atoms with E-state index in [1.54, 1.807) is 0 Å². The molecule has 6 heteroatoms. The van der Waals surface area contributed by atoms with E-state index in [-0.39, 0.29) is 18.3 Å². The van der Waals surface area contributed by atoms with Crippen molar-refractivity contribution in [3.05, 3.63) is 302 Å². The largest absolute Gasteiger partial charge is 0.494 e. The molecule has 0 atom stereocenters. The van der Waals surface area contributed by atoms with Crippen molar-refractivity contribution in [3.8, 4) is 33.6 Å². The molecular weight excluding hydrogens is 967 g/mol. The van der Waals surface area contributed by atoms with Gasteiger partial charge in [-0.25, -0.2) is 0 Å². The lowest BCUT2D eigenvalue weighted by Crippen LogP contribution is -2.41. The molecule has 4 nitrogen and oxygen atoms in total. The Morgan fingerprint density at radius 2 is 0.689 bits per heavy atom. The Balaban J connectivity index is 0.000000111. The van der Waals surface area contributed by atoms with Crippen LogP contribution in [0.15, 0.2) is 235 Å². The highest BCUT2D eigenvalue weighted by atomic mass is 79.9. The summed E-state index contributed by atoms with van der Waals surface area (Å²) in [6, 6.07) is 78.5. The summed E-state index contributed by atoms with van der Waals surface area (Å²) in [5.74, 6) is 1.41. The standard InChI is InChI=1S/C31H21N.C20H13Br.C17H20BNO2/c1-2-8-20(9-3-1)29-19-22(16-17-32-29)21-14-15-27-28(18-21)31-25-12-6-4-10-23(25)30(27)24-11-5-7-13-26(24)31;21-12-9-10-17-18(11-12)20-15-7-3-1-5-13(15)19(17)14-6-2-4-8-16(14)20;1-16(2)17(3,4)21-18(20-16)14-10-11-19-15(12-14)13-8-6-5-7-9-13/h1-19,30-31H;1-11,19-20H;5-12H,1-4H3. The molecule has 0 spiro atoms. The second-order valence-electron chi connectivity index (χ2n) is 21.1. The van der Waals surface area contributed by atoms with Crippen LogP contribution >= 0.6 is 15.9 Å². The van der Waals surface area contributed by atoms with Crippen LogP contribution in [0.1, 0.15) is 118 Å². The third-order valence-electron chi connectivity index (χ3n) is 16.4. The molecule has 17 rings (SSSR count). The van der Waals surface area contributed by atoms with Crippen molar-refractivity contribution in [3.63, 3.8) is 0 Å². The number of halogens is 1. The summed E-state index contributed by atoms with van der Waals surface area (Å²) in [5.41, 5.74) is 24.6. The normalized spacial score (nSPS) is 19.0. The van der Waals surface area contributed by atoms with Crippen molar-refractivity contribution >= 4 is 28.5 Å². The highest BCUT2D eigenvalue weighted by Gasteiger charge is 2.52. The van der Waals surface area contributed by atoms with Gasteiger partial charge in [-0.1, -0.05) is 192 Å². The molecule has 0 radical (unpaired) electrons. The molecule has 1 fully saturated rings. The molecule has 74 heavy (non-hydrogen) atoms. The lowest BCUT2D eigenvalue weighted by atomic mass is 9.61. The van der Waals surface area contributed by atoms with Gasteiger partial charge in [0.15, 0.2) is 0 Å². The van der Waals surface area contributed by atoms with Gasteiger partial charge in [-0.3, -0.25) is 9.97 Å². The minimum absolute atomic E-state index is 0.304. The zero-order valence-electron chi connectivity index (χ0n) is 41.9. The van der Waals surface area contributed by atoms with Crippen LogP contribution in [0.25, 0.3) is 33.6 Å². The number of hydrogen-bond acceptors (Lipinski definition) is 4. The van der Waals surface area contributed by atoms with Crippen molar-refractivity contribution in [2.24, 2.45) is 0 Å². The van der Waals surface area contributed by atoms with Crippen molar-refractivity contribution < 1.29 is 9.31 Å². The van der Waals surface area contributed by atoms with E-state index in [1.165, 1.54) is 82.4 Å². The molecule has 3 heterocycles. The minimum Gasteiger partial charge on any atom is -0.399 e. The number of hydrogen-bond donors (Lipinski definition) is 0. The first kappa shape index (κ1) is 46.3. The average molecular weight is 1020 g/mol. The predicted octanol–water partition coefficient (Wildman–Crippen LogP) is 15.9. The zero-order valence-corrected chi connectivity index (χ0v) is 43.5. The van der Waals surface area contributed by atoms with E-state index in [4.69, 9.17) is 9.31 Å². The van der Waals surface area contributed by atoms with Crippen LogP contribution in [0.3, 0.4) is 0 Å². The Morgan fingerprint density at radius 1 is 0.338 bits per heavy atom. The van der Waals surface area contributed by atoms with Gasteiger partial charge in [0.05, 0.1) is 22.6 Å². The van der Waals surface area contributed by atoms with E-state index in [0.29, 0.717) is 23.7 Å². The van der Waals surface area contributed by atoms with E-state index >= 15 is 0 Å².